The van der Waals surface area contributed by atoms with E-state index in [1.807, 2.05) is 12.4 Å². The number of fused-ring (bicyclic) bond motifs is 2. The van der Waals surface area contributed by atoms with E-state index in [9.17, 15) is 0 Å². The first-order valence-corrected chi connectivity index (χ1v) is 7.13. The summed E-state index contributed by atoms with van der Waals surface area (Å²) < 4.78 is 1.68. The minimum Gasteiger partial charge on any atom is -0.235 e. The van der Waals surface area contributed by atoms with E-state index in [2.05, 4.69) is 35.2 Å². The van der Waals surface area contributed by atoms with Crippen molar-refractivity contribution in [1.29, 1.82) is 5.26 Å². The molecule has 0 spiro atoms. The summed E-state index contributed by atoms with van der Waals surface area (Å²) >= 11 is 0. The molecule has 0 saturated carbocycles. The second-order valence-electron chi connectivity index (χ2n) is 5.51. The molecule has 0 aliphatic heterocycles. The Morgan fingerprint density at radius 2 is 2.14 bits per heavy atom. The molecule has 1 aliphatic rings. The Morgan fingerprint density at radius 3 is 3.00 bits per heavy atom. The van der Waals surface area contributed by atoms with E-state index in [-0.39, 0.29) is 0 Å². The standard InChI is InChI=1S/C17H14N4/c1-11-15-4-2-3-12(15)5-6-16(11)14-8-19-17-13(7-18)9-20-21(17)10-14/h5-6,8-10H,2-4H2,1H3. The van der Waals surface area contributed by atoms with Crippen LogP contribution in [0.5, 0.6) is 0 Å². The van der Waals surface area contributed by atoms with Gasteiger partial charge in [0.25, 0.3) is 0 Å². The maximum absolute atomic E-state index is 9.02. The zero-order valence-electron chi connectivity index (χ0n) is 11.8. The number of nitriles is 1. The maximum Gasteiger partial charge on any atom is 0.172 e. The highest BCUT2D eigenvalue weighted by Gasteiger charge is 2.16. The number of hydrogen-bond acceptors (Lipinski definition) is 3. The molecule has 2 aromatic heterocycles. The summed E-state index contributed by atoms with van der Waals surface area (Å²) in [5.74, 6) is 0. The van der Waals surface area contributed by atoms with Gasteiger partial charge in [0.15, 0.2) is 5.65 Å². The van der Waals surface area contributed by atoms with Gasteiger partial charge in [-0.15, -0.1) is 0 Å². The van der Waals surface area contributed by atoms with Crippen LogP contribution in [0.25, 0.3) is 16.8 Å². The fraction of sp³-hybridized carbons (Fsp3) is 0.235. The first-order chi connectivity index (χ1) is 10.3. The van der Waals surface area contributed by atoms with Crippen LogP contribution < -0.4 is 0 Å². The van der Waals surface area contributed by atoms with Crippen molar-refractivity contribution in [2.45, 2.75) is 26.2 Å². The van der Waals surface area contributed by atoms with Gasteiger partial charge in [-0.25, -0.2) is 9.50 Å². The van der Waals surface area contributed by atoms with Crippen LogP contribution in [-0.4, -0.2) is 14.6 Å². The van der Waals surface area contributed by atoms with E-state index in [1.54, 1.807) is 10.7 Å². The molecule has 4 rings (SSSR count). The highest BCUT2D eigenvalue weighted by atomic mass is 15.2. The average molecular weight is 274 g/mol. The lowest BCUT2D eigenvalue weighted by Gasteiger charge is -2.11. The average Bonchev–Trinajstić information content (AvgIpc) is 3.13. The zero-order chi connectivity index (χ0) is 14.4. The molecule has 2 heterocycles. The molecule has 0 unspecified atom stereocenters. The molecule has 0 fully saturated rings. The third-order valence-corrected chi connectivity index (χ3v) is 4.36. The van der Waals surface area contributed by atoms with Gasteiger partial charge >= 0.3 is 0 Å². The fourth-order valence-electron chi connectivity index (χ4n) is 3.26. The van der Waals surface area contributed by atoms with E-state index >= 15 is 0 Å². The monoisotopic (exact) mass is 274 g/mol. The van der Waals surface area contributed by atoms with Gasteiger partial charge < -0.3 is 0 Å². The lowest BCUT2D eigenvalue weighted by molar-refractivity contribution is 0.909. The fourth-order valence-corrected chi connectivity index (χ4v) is 3.26. The van der Waals surface area contributed by atoms with Crippen molar-refractivity contribution in [3.63, 3.8) is 0 Å². The van der Waals surface area contributed by atoms with Crippen molar-refractivity contribution in [1.82, 2.24) is 14.6 Å². The van der Waals surface area contributed by atoms with E-state index in [1.165, 1.54) is 41.5 Å². The van der Waals surface area contributed by atoms with Gasteiger partial charge in [0.05, 0.1) is 6.20 Å². The maximum atomic E-state index is 9.02. The Bertz CT molecular complexity index is 899. The van der Waals surface area contributed by atoms with Gasteiger partial charge in [0.1, 0.15) is 11.6 Å². The second-order valence-corrected chi connectivity index (χ2v) is 5.51. The van der Waals surface area contributed by atoms with Gasteiger partial charge in [-0.3, -0.25) is 0 Å². The van der Waals surface area contributed by atoms with Gasteiger partial charge in [0.2, 0.25) is 0 Å². The van der Waals surface area contributed by atoms with E-state index < -0.39 is 0 Å². The molecular formula is C17H14N4. The molecule has 1 aromatic carbocycles. The zero-order valence-corrected chi connectivity index (χ0v) is 11.8. The highest BCUT2D eigenvalue weighted by molar-refractivity contribution is 5.70. The van der Waals surface area contributed by atoms with Crippen LogP contribution in [0.1, 0.15) is 28.7 Å². The molecule has 0 saturated heterocycles. The molecule has 3 aromatic rings. The summed E-state index contributed by atoms with van der Waals surface area (Å²) in [4.78, 5) is 4.40. The molecule has 102 valence electrons. The minimum absolute atomic E-state index is 0.507. The van der Waals surface area contributed by atoms with Crippen molar-refractivity contribution < 1.29 is 0 Å². The van der Waals surface area contributed by atoms with Gasteiger partial charge in [-0.05, 0) is 48.4 Å². The summed E-state index contributed by atoms with van der Waals surface area (Å²) in [5.41, 5.74) is 7.69. The van der Waals surface area contributed by atoms with Crippen LogP contribution in [0.3, 0.4) is 0 Å². The summed E-state index contributed by atoms with van der Waals surface area (Å²) in [6.07, 6.45) is 8.96. The van der Waals surface area contributed by atoms with Gasteiger partial charge in [0, 0.05) is 18.0 Å². The number of nitrogens with zero attached hydrogens (tertiary/aromatic N) is 4. The lowest BCUT2D eigenvalue weighted by atomic mass is 9.95. The quantitative estimate of drug-likeness (QED) is 0.685. The minimum atomic E-state index is 0.507. The molecule has 21 heavy (non-hydrogen) atoms. The van der Waals surface area contributed by atoms with Gasteiger partial charge in [-0.1, -0.05) is 12.1 Å². The highest BCUT2D eigenvalue weighted by Crippen LogP contribution is 2.32. The Kier molecular flexibility index (Phi) is 2.55. The summed E-state index contributed by atoms with van der Waals surface area (Å²) in [5, 5.41) is 13.2. The van der Waals surface area contributed by atoms with Gasteiger partial charge in [-0.2, -0.15) is 10.4 Å². The van der Waals surface area contributed by atoms with Crippen molar-refractivity contribution >= 4 is 5.65 Å². The van der Waals surface area contributed by atoms with Crippen molar-refractivity contribution in [3.8, 4) is 17.2 Å². The van der Waals surface area contributed by atoms with E-state index in [0.717, 1.165) is 5.56 Å². The predicted molar refractivity (Wildman–Crippen MR) is 79.9 cm³/mol. The smallest absolute Gasteiger partial charge is 0.172 e. The molecule has 0 bridgehead atoms. The summed E-state index contributed by atoms with van der Waals surface area (Å²) in [6.45, 7) is 2.19. The molecule has 1 aliphatic carbocycles. The van der Waals surface area contributed by atoms with E-state index in [4.69, 9.17) is 5.26 Å². The number of aryl methyl sites for hydroxylation is 1. The number of rotatable bonds is 1. The Balaban J connectivity index is 1.89. The Hall–Kier alpha value is -2.67. The van der Waals surface area contributed by atoms with Crippen LogP contribution in [0, 0.1) is 18.3 Å². The van der Waals surface area contributed by atoms with Crippen LogP contribution in [0.4, 0.5) is 0 Å². The van der Waals surface area contributed by atoms with Crippen LogP contribution >= 0.6 is 0 Å². The Labute approximate surface area is 122 Å². The molecule has 0 N–H and O–H groups in total. The Morgan fingerprint density at radius 1 is 1.24 bits per heavy atom. The molecule has 0 amide bonds. The lowest BCUT2D eigenvalue weighted by Crippen LogP contribution is -1.96. The van der Waals surface area contributed by atoms with E-state index in [0.29, 0.717) is 11.2 Å². The predicted octanol–water partition coefficient (Wildman–Crippen LogP) is 3.07. The molecule has 4 nitrogen and oxygen atoms in total. The molecule has 4 heteroatoms. The van der Waals surface area contributed by atoms with Crippen molar-refractivity contribution in [2.75, 3.05) is 0 Å². The topological polar surface area (TPSA) is 54.0 Å². The molecule has 0 atom stereocenters. The normalized spacial score (nSPS) is 13.3. The van der Waals surface area contributed by atoms with Crippen molar-refractivity contribution in [3.05, 3.63) is 53.0 Å². The summed E-state index contributed by atoms with van der Waals surface area (Å²) in [6, 6.07) is 6.52. The largest absolute Gasteiger partial charge is 0.235 e. The third kappa shape index (κ3) is 1.74. The number of benzene rings is 1. The third-order valence-electron chi connectivity index (χ3n) is 4.36. The summed E-state index contributed by atoms with van der Waals surface area (Å²) in [7, 11) is 0. The SMILES string of the molecule is Cc1c(-c2cnc3c(C#N)cnn3c2)ccc2c1CCC2. The van der Waals surface area contributed by atoms with Crippen LogP contribution in [-0.2, 0) is 12.8 Å². The second kappa shape index (κ2) is 4.42. The first kappa shape index (κ1) is 12.1. The number of aromatic nitrogens is 3. The first-order valence-electron chi connectivity index (χ1n) is 7.13. The number of hydrogen-bond donors (Lipinski definition) is 0. The van der Waals surface area contributed by atoms with Crippen LogP contribution in [0.2, 0.25) is 0 Å². The van der Waals surface area contributed by atoms with Crippen molar-refractivity contribution in [2.24, 2.45) is 0 Å². The van der Waals surface area contributed by atoms with Crippen LogP contribution in [0.15, 0.2) is 30.7 Å². The molecule has 0 radical (unpaired) electrons. The molecular weight excluding hydrogens is 260 g/mol.